The molecule has 0 aliphatic heterocycles. The summed E-state index contributed by atoms with van der Waals surface area (Å²) in [7, 11) is -9.28. The minimum absolute atomic E-state index is 0. The predicted molar refractivity (Wildman–Crippen MR) is 36.1 cm³/mol. The molecule has 0 aromatic heterocycles. The van der Waals surface area contributed by atoms with Crippen LogP contribution in [0.1, 0.15) is 0 Å². The summed E-state index contributed by atoms with van der Waals surface area (Å²) in [6.07, 6.45) is 0. The van der Waals surface area contributed by atoms with E-state index in [2.05, 4.69) is 0 Å². The summed E-state index contributed by atoms with van der Waals surface area (Å²) in [5.74, 6) is 0. The Labute approximate surface area is 69.2 Å². The highest BCUT2D eigenvalue weighted by Gasteiger charge is 2.22. The van der Waals surface area contributed by atoms with E-state index in [-0.39, 0.29) is 12.4 Å². The van der Waals surface area contributed by atoms with Crippen molar-refractivity contribution in [3.8, 4) is 0 Å². The molecule has 11 heteroatoms. The number of rotatable bonds is 0. The van der Waals surface area contributed by atoms with Crippen molar-refractivity contribution in [2.24, 2.45) is 0 Å². The van der Waals surface area contributed by atoms with Crippen LogP contribution in [0.3, 0.4) is 0 Å². The van der Waals surface area contributed by atoms with Gasteiger partial charge in [-0.25, -0.2) is 0 Å². The van der Waals surface area contributed by atoms with Crippen LogP contribution in [0.25, 0.3) is 0 Å². The lowest BCUT2D eigenvalue weighted by Crippen LogP contribution is -2.33. The lowest BCUT2D eigenvalue weighted by molar-refractivity contribution is 0.117. The van der Waals surface area contributed by atoms with E-state index in [1.165, 1.54) is 0 Å². The van der Waals surface area contributed by atoms with Crippen molar-refractivity contribution in [2.75, 3.05) is 0 Å². The average molecular weight is 231 g/mol. The fourth-order valence-corrected chi connectivity index (χ4v) is 0. The molecule has 11 heavy (non-hydrogen) atoms. The van der Waals surface area contributed by atoms with Crippen LogP contribution in [-0.2, 0) is 10.4 Å². The maximum Gasteiger partial charge on any atom is 0.668 e. The molecule has 0 bridgehead atoms. The summed E-state index contributed by atoms with van der Waals surface area (Å²) in [5, 5.41) is 0. The zero-order valence-electron chi connectivity index (χ0n) is 4.82. The largest absolute Gasteiger partial charge is 0.668 e. The van der Waals surface area contributed by atoms with E-state index in [1.807, 2.05) is 0 Å². The minimum Gasteiger partial charge on any atom is -0.368 e. The van der Waals surface area contributed by atoms with Crippen molar-refractivity contribution in [3.05, 3.63) is 0 Å². The Bertz CT molecular complexity index is 149. The Balaban J connectivity index is -0.000000107. The Morgan fingerprint density at radius 1 is 0.909 bits per heavy atom. The molecule has 0 spiro atoms. The molecule has 0 unspecified atom stereocenters. The van der Waals surface area contributed by atoms with Crippen LogP contribution in [0.15, 0.2) is 0 Å². The molecule has 0 saturated carbocycles. The molecule has 8 nitrogen and oxygen atoms in total. The van der Waals surface area contributed by atoms with Gasteiger partial charge in [0.15, 0.2) is 0 Å². The highest BCUT2D eigenvalue weighted by atomic mass is 35.5. The third kappa shape index (κ3) is 14700. The fourth-order valence-electron chi connectivity index (χ4n) is 0. The summed E-state index contributed by atoms with van der Waals surface area (Å²) in [6.45, 7) is 0. The SMILES string of the molecule is Cl.O=S(=O)(O)O.O[Si](O)(O)O. The second-order valence-electron chi connectivity index (χ2n) is 1.05. The van der Waals surface area contributed by atoms with Crippen LogP contribution in [0.2, 0.25) is 0 Å². The van der Waals surface area contributed by atoms with Crippen LogP contribution < -0.4 is 0 Å². The van der Waals surface area contributed by atoms with Gasteiger partial charge >= 0.3 is 19.4 Å². The smallest absolute Gasteiger partial charge is 0.368 e. The third-order valence-electron chi connectivity index (χ3n) is 0. The molecule has 6 N–H and O–H groups in total. The van der Waals surface area contributed by atoms with E-state index >= 15 is 0 Å². The quantitative estimate of drug-likeness (QED) is 0.192. The van der Waals surface area contributed by atoms with Crippen molar-refractivity contribution in [2.45, 2.75) is 0 Å². The van der Waals surface area contributed by atoms with Crippen molar-refractivity contribution in [1.82, 2.24) is 0 Å². The zero-order valence-corrected chi connectivity index (χ0v) is 7.45. The molecule has 0 aromatic carbocycles. The molecule has 0 saturated heterocycles. The van der Waals surface area contributed by atoms with Crippen molar-refractivity contribution in [3.63, 3.8) is 0 Å². The second-order valence-corrected chi connectivity index (χ2v) is 3.14. The standard InChI is InChI=1S/ClH.H2O4S.H4O4Si/c;2*1-5(2,3)4/h1H;(H2,1,2,3,4);1-4H. The highest BCUT2D eigenvalue weighted by Crippen LogP contribution is 1.67. The molecule has 0 aliphatic rings. The highest BCUT2D eigenvalue weighted by molar-refractivity contribution is 7.79. The van der Waals surface area contributed by atoms with Crippen LogP contribution in [0.4, 0.5) is 0 Å². The normalized spacial score (nSPS) is 10.7. The monoisotopic (exact) mass is 230 g/mol. The zero-order chi connectivity index (χ0) is 9.00. The van der Waals surface area contributed by atoms with Gasteiger partial charge in [0.2, 0.25) is 0 Å². The molecule has 0 aliphatic carbocycles. The number of hydrogen-bond acceptors (Lipinski definition) is 6. The van der Waals surface area contributed by atoms with Gasteiger partial charge in [-0.15, -0.1) is 12.4 Å². The van der Waals surface area contributed by atoms with Crippen LogP contribution in [0.5, 0.6) is 0 Å². The maximum atomic E-state index is 8.74. The van der Waals surface area contributed by atoms with Gasteiger partial charge in [-0.2, -0.15) is 8.42 Å². The first kappa shape index (κ1) is 17.3. The van der Waals surface area contributed by atoms with E-state index in [9.17, 15) is 0 Å². The first-order valence-electron chi connectivity index (χ1n) is 1.59. The topological polar surface area (TPSA) is 156 Å². The van der Waals surface area contributed by atoms with Crippen LogP contribution in [-0.4, -0.2) is 45.8 Å². The van der Waals surface area contributed by atoms with Crippen LogP contribution >= 0.6 is 12.4 Å². The lowest BCUT2D eigenvalue weighted by Gasteiger charge is -1.91. The van der Waals surface area contributed by atoms with Crippen molar-refractivity contribution >= 4 is 31.9 Å². The molecule has 0 rings (SSSR count). The number of hydrogen-bond donors (Lipinski definition) is 6. The Morgan fingerprint density at radius 2 is 0.909 bits per heavy atom. The molecular formula is H7ClO8SSi. The predicted octanol–water partition coefficient (Wildman–Crippen LogP) is -2.84. The molecule has 0 atom stereocenters. The summed E-state index contributed by atoms with van der Waals surface area (Å²) < 4.78 is 31.6. The van der Waals surface area contributed by atoms with E-state index in [4.69, 9.17) is 36.7 Å². The Kier molecular flexibility index (Phi) is 9.17. The summed E-state index contributed by atoms with van der Waals surface area (Å²) in [5.41, 5.74) is 0. The third-order valence-corrected chi connectivity index (χ3v) is 0. The van der Waals surface area contributed by atoms with Gasteiger partial charge < -0.3 is 19.2 Å². The molecule has 0 heterocycles. The van der Waals surface area contributed by atoms with Crippen molar-refractivity contribution in [1.29, 1.82) is 0 Å². The summed E-state index contributed by atoms with van der Waals surface area (Å²) >= 11 is 0. The minimum atomic E-state index is -4.67. The molecular weight excluding hydrogens is 224 g/mol. The Morgan fingerprint density at radius 3 is 0.909 bits per heavy atom. The van der Waals surface area contributed by atoms with E-state index in [1.54, 1.807) is 0 Å². The average Bonchev–Trinajstić information content (AvgIpc) is 1.12. The first-order chi connectivity index (χ1) is 4.00. The molecule has 0 amide bonds. The van der Waals surface area contributed by atoms with Gasteiger partial charge in [-0.1, -0.05) is 0 Å². The van der Waals surface area contributed by atoms with Crippen molar-refractivity contribution < 1.29 is 36.7 Å². The van der Waals surface area contributed by atoms with Gasteiger partial charge in [0, 0.05) is 0 Å². The number of halogens is 1. The molecule has 0 fully saturated rings. The van der Waals surface area contributed by atoms with Gasteiger partial charge in [0.05, 0.1) is 0 Å². The molecule has 0 aromatic rings. The molecule has 0 radical (unpaired) electrons. The van der Waals surface area contributed by atoms with E-state index in [0.717, 1.165) is 0 Å². The van der Waals surface area contributed by atoms with Gasteiger partial charge in [0.25, 0.3) is 0 Å². The lowest BCUT2D eigenvalue weighted by atomic mass is 15.7. The van der Waals surface area contributed by atoms with E-state index in [0.29, 0.717) is 0 Å². The van der Waals surface area contributed by atoms with Gasteiger partial charge in [-0.3, -0.25) is 9.11 Å². The van der Waals surface area contributed by atoms with Crippen LogP contribution in [0, 0.1) is 0 Å². The Hall–Kier alpha value is 0.217. The van der Waals surface area contributed by atoms with Gasteiger partial charge in [-0.05, 0) is 0 Å². The fraction of sp³-hybridized carbons (Fsp3) is 0. The van der Waals surface area contributed by atoms with E-state index < -0.39 is 19.4 Å². The van der Waals surface area contributed by atoms with Gasteiger partial charge in [0.1, 0.15) is 0 Å². The summed E-state index contributed by atoms with van der Waals surface area (Å²) in [6, 6.07) is 0. The first-order valence-corrected chi connectivity index (χ1v) is 4.78. The summed E-state index contributed by atoms with van der Waals surface area (Å²) in [4.78, 5) is 29.3. The molecule has 72 valence electrons. The second kappa shape index (κ2) is 5.82. The maximum absolute atomic E-state index is 8.74.